The number of nitrogens with one attached hydrogen (secondary N) is 1. The molecule has 0 bridgehead atoms. The second-order valence-corrected chi connectivity index (χ2v) is 5.68. The quantitative estimate of drug-likeness (QED) is 0.585. The maximum Gasteiger partial charge on any atom is 0.325 e. The summed E-state index contributed by atoms with van der Waals surface area (Å²) in [5, 5.41) is 3.18. The SMILES string of the molecule is O=C(CNC(=O)c1cccc(F)c1)OCCOc1ccc(Cl)cc1Cl. The van der Waals surface area contributed by atoms with Gasteiger partial charge in [0, 0.05) is 10.6 Å². The van der Waals surface area contributed by atoms with Gasteiger partial charge in [-0.25, -0.2) is 4.39 Å². The van der Waals surface area contributed by atoms with Crippen molar-refractivity contribution >= 4 is 35.1 Å². The molecule has 0 spiro atoms. The number of esters is 1. The fraction of sp³-hybridized carbons (Fsp3) is 0.176. The van der Waals surface area contributed by atoms with Crippen LogP contribution in [0.4, 0.5) is 4.39 Å². The number of rotatable bonds is 7. The van der Waals surface area contributed by atoms with Crippen molar-refractivity contribution in [2.45, 2.75) is 0 Å². The lowest BCUT2D eigenvalue weighted by Gasteiger charge is -2.09. The average Bonchev–Trinajstić information content (AvgIpc) is 2.58. The number of benzene rings is 2. The number of carbonyl (C=O) groups excluding carboxylic acids is 2. The molecule has 0 heterocycles. The molecule has 5 nitrogen and oxygen atoms in total. The Labute approximate surface area is 153 Å². The fourth-order valence-corrected chi connectivity index (χ4v) is 2.30. The summed E-state index contributed by atoms with van der Waals surface area (Å²) < 4.78 is 23.3. The van der Waals surface area contributed by atoms with Gasteiger partial charge in [-0.3, -0.25) is 9.59 Å². The van der Waals surface area contributed by atoms with E-state index in [1.807, 2.05) is 0 Å². The van der Waals surface area contributed by atoms with Crippen molar-refractivity contribution in [3.05, 3.63) is 63.9 Å². The van der Waals surface area contributed by atoms with Gasteiger partial charge in [0.15, 0.2) is 0 Å². The minimum absolute atomic E-state index is 0.0202. The van der Waals surface area contributed by atoms with E-state index >= 15 is 0 Å². The van der Waals surface area contributed by atoms with Crippen LogP contribution in [0.3, 0.4) is 0 Å². The van der Waals surface area contributed by atoms with E-state index in [2.05, 4.69) is 5.32 Å². The summed E-state index contributed by atoms with van der Waals surface area (Å²) in [6.45, 7) is -0.268. The number of hydrogen-bond acceptors (Lipinski definition) is 4. The molecule has 2 rings (SSSR count). The Morgan fingerprint density at radius 2 is 1.88 bits per heavy atom. The zero-order valence-electron chi connectivity index (χ0n) is 12.9. The van der Waals surface area contributed by atoms with Crippen LogP contribution in [0.1, 0.15) is 10.4 Å². The fourth-order valence-electron chi connectivity index (χ4n) is 1.83. The Morgan fingerprint density at radius 3 is 2.60 bits per heavy atom. The molecule has 8 heteroatoms. The largest absolute Gasteiger partial charge is 0.488 e. The third-order valence-corrected chi connectivity index (χ3v) is 3.51. The summed E-state index contributed by atoms with van der Waals surface area (Å²) >= 11 is 11.7. The molecule has 25 heavy (non-hydrogen) atoms. The normalized spacial score (nSPS) is 10.2. The molecule has 0 unspecified atom stereocenters. The molecule has 1 N–H and O–H groups in total. The van der Waals surface area contributed by atoms with Crippen LogP contribution in [0, 0.1) is 5.82 Å². The summed E-state index contributed by atoms with van der Waals surface area (Å²) in [5.41, 5.74) is 0.119. The Kier molecular flexibility index (Phi) is 7.03. The van der Waals surface area contributed by atoms with Crippen LogP contribution >= 0.6 is 23.2 Å². The molecule has 2 aromatic rings. The number of carbonyl (C=O) groups is 2. The van der Waals surface area contributed by atoms with Crippen molar-refractivity contribution < 1.29 is 23.5 Å². The van der Waals surface area contributed by atoms with Gasteiger partial charge in [-0.15, -0.1) is 0 Å². The molecule has 1 amide bonds. The highest BCUT2D eigenvalue weighted by Gasteiger charge is 2.10. The summed E-state index contributed by atoms with van der Waals surface area (Å²) in [7, 11) is 0. The summed E-state index contributed by atoms with van der Waals surface area (Å²) in [4.78, 5) is 23.3. The zero-order chi connectivity index (χ0) is 18.2. The Morgan fingerprint density at radius 1 is 1.08 bits per heavy atom. The van der Waals surface area contributed by atoms with Crippen LogP contribution in [0.5, 0.6) is 5.75 Å². The molecule has 0 fully saturated rings. The summed E-state index contributed by atoms with van der Waals surface area (Å²) in [6, 6.07) is 9.90. The highest BCUT2D eigenvalue weighted by molar-refractivity contribution is 6.35. The molecule has 0 aliphatic heterocycles. The highest BCUT2D eigenvalue weighted by atomic mass is 35.5. The van der Waals surface area contributed by atoms with Crippen molar-refractivity contribution in [1.29, 1.82) is 0 Å². The standard InChI is InChI=1S/C17H14Cl2FNO4/c18-12-4-5-15(14(19)9-12)24-6-7-25-16(22)10-21-17(23)11-2-1-3-13(20)8-11/h1-5,8-9H,6-7,10H2,(H,21,23). The minimum Gasteiger partial charge on any atom is -0.488 e. The van der Waals surface area contributed by atoms with Gasteiger partial charge in [0.1, 0.15) is 31.3 Å². The smallest absolute Gasteiger partial charge is 0.325 e. The predicted octanol–water partition coefficient (Wildman–Crippen LogP) is 3.48. The van der Waals surface area contributed by atoms with E-state index in [1.165, 1.54) is 24.3 Å². The second kappa shape index (κ2) is 9.25. The first kappa shape index (κ1) is 19.0. The van der Waals surface area contributed by atoms with E-state index in [9.17, 15) is 14.0 Å². The second-order valence-electron chi connectivity index (χ2n) is 4.84. The van der Waals surface area contributed by atoms with Crippen molar-refractivity contribution in [1.82, 2.24) is 5.32 Å². The van der Waals surface area contributed by atoms with Crippen molar-refractivity contribution in [3.63, 3.8) is 0 Å². The summed E-state index contributed by atoms with van der Waals surface area (Å²) in [6.07, 6.45) is 0. The van der Waals surface area contributed by atoms with Crippen LogP contribution < -0.4 is 10.1 Å². The van der Waals surface area contributed by atoms with Gasteiger partial charge in [-0.2, -0.15) is 0 Å². The van der Waals surface area contributed by atoms with E-state index in [4.69, 9.17) is 32.7 Å². The summed E-state index contributed by atoms with van der Waals surface area (Å²) in [5.74, 6) is -1.33. The first-order valence-electron chi connectivity index (χ1n) is 7.23. The van der Waals surface area contributed by atoms with Crippen LogP contribution in [0.2, 0.25) is 10.0 Å². The first-order valence-corrected chi connectivity index (χ1v) is 7.98. The van der Waals surface area contributed by atoms with E-state index in [1.54, 1.807) is 12.1 Å². The van der Waals surface area contributed by atoms with Gasteiger partial charge in [0.05, 0.1) is 5.02 Å². The lowest BCUT2D eigenvalue weighted by Crippen LogP contribution is -2.31. The maximum absolute atomic E-state index is 13.0. The molecule has 0 saturated carbocycles. The molecule has 0 atom stereocenters. The van der Waals surface area contributed by atoms with E-state index < -0.39 is 17.7 Å². The molecule has 0 aliphatic rings. The van der Waals surface area contributed by atoms with Gasteiger partial charge in [0.2, 0.25) is 0 Å². The molecular formula is C17H14Cl2FNO4. The lowest BCUT2D eigenvalue weighted by molar-refractivity contribution is -0.143. The Hall–Kier alpha value is -2.31. The van der Waals surface area contributed by atoms with Gasteiger partial charge in [-0.1, -0.05) is 29.3 Å². The number of hydrogen-bond donors (Lipinski definition) is 1. The topological polar surface area (TPSA) is 64.6 Å². The monoisotopic (exact) mass is 385 g/mol. The Balaban J connectivity index is 1.68. The number of amides is 1. The minimum atomic E-state index is -0.643. The van der Waals surface area contributed by atoms with E-state index in [0.717, 1.165) is 6.07 Å². The van der Waals surface area contributed by atoms with Crippen molar-refractivity contribution in [2.24, 2.45) is 0 Å². The molecular weight excluding hydrogens is 372 g/mol. The first-order chi connectivity index (χ1) is 12.0. The van der Waals surface area contributed by atoms with Crippen LogP contribution in [0.15, 0.2) is 42.5 Å². The third-order valence-electron chi connectivity index (χ3n) is 2.98. The van der Waals surface area contributed by atoms with Gasteiger partial charge in [0.25, 0.3) is 5.91 Å². The number of ether oxygens (including phenoxy) is 2. The third kappa shape index (κ3) is 6.25. The van der Waals surface area contributed by atoms with Crippen LogP contribution in [-0.2, 0) is 9.53 Å². The molecule has 0 saturated heterocycles. The van der Waals surface area contributed by atoms with Crippen molar-refractivity contribution in [2.75, 3.05) is 19.8 Å². The highest BCUT2D eigenvalue weighted by Crippen LogP contribution is 2.27. The number of halogens is 3. The molecule has 0 aromatic heterocycles. The zero-order valence-corrected chi connectivity index (χ0v) is 14.4. The van der Waals surface area contributed by atoms with Gasteiger partial charge < -0.3 is 14.8 Å². The average molecular weight is 386 g/mol. The molecule has 0 aliphatic carbocycles. The van der Waals surface area contributed by atoms with E-state index in [0.29, 0.717) is 15.8 Å². The van der Waals surface area contributed by atoms with Crippen molar-refractivity contribution in [3.8, 4) is 5.75 Å². The lowest BCUT2D eigenvalue weighted by atomic mass is 10.2. The maximum atomic E-state index is 13.0. The molecule has 2 aromatic carbocycles. The van der Waals surface area contributed by atoms with E-state index in [-0.39, 0.29) is 25.3 Å². The predicted molar refractivity (Wildman–Crippen MR) is 91.6 cm³/mol. The van der Waals surface area contributed by atoms with Gasteiger partial charge in [-0.05, 0) is 36.4 Å². The van der Waals surface area contributed by atoms with Crippen LogP contribution in [0.25, 0.3) is 0 Å². The van der Waals surface area contributed by atoms with Gasteiger partial charge >= 0.3 is 5.97 Å². The molecule has 132 valence electrons. The Bertz CT molecular complexity index is 770. The van der Waals surface area contributed by atoms with Crippen LogP contribution in [-0.4, -0.2) is 31.6 Å². The molecule has 0 radical (unpaired) electrons.